The largest absolute Gasteiger partial charge is 0.490 e. The van der Waals surface area contributed by atoms with Gasteiger partial charge in [0.1, 0.15) is 11.5 Å². The molecule has 0 saturated carbocycles. The third kappa shape index (κ3) is 6.03. The van der Waals surface area contributed by atoms with Crippen molar-refractivity contribution in [1.82, 2.24) is 5.32 Å². The monoisotopic (exact) mass is 343 g/mol. The van der Waals surface area contributed by atoms with E-state index in [1.807, 2.05) is 51.1 Å². The van der Waals surface area contributed by atoms with E-state index < -0.39 is 0 Å². The van der Waals surface area contributed by atoms with Crippen molar-refractivity contribution in [2.24, 2.45) is 0 Å². The first-order valence-electron chi connectivity index (χ1n) is 8.53. The number of rotatable bonds is 9. The van der Waals surface area contributed by atoms with Crippen LogP contribution in [0.15, 0.2) is 40.8 Å². The first kappa shape index (κ1) is 18.6. The van der Waals surface area contributed by atoms with Crippen LogP contribution in [0, 0.1) is 6.92 Å². The second-order valence-electron chi connectivity index (χ2n) is 5.47. The van der Waals surface area contributed by atoms with Crippen molar-refractivity contribution in [2.45, 2.75) is 27.2 Å². The van der Waals surface area contributed by atoms with Crippen LogP contribution in [-0.4, -0.2) is 25.7 Å². The van der Waals surface area contributed by atoms with Crippen molar-refractivity contribution in [3.63, 3.8) is 0 Å². The van der Waals surface area contributed by atoms with E-state index in [0.29, 0.717) is 31.9 Å². The van der Waals surface area contributed by atoms with Crippen molar-refractivity contribution in [3.05, 3.63) is 53.5 Å². The van der Waals surface area contributed by atoms with Crippen LogP contribution in [0.3, 0.4) is 0 Å². The summed E-state index contributed by atoms with van der Waals surface area (Å²) in [5, 5.41) is 2.86. The molecule has 134 valence electrons. The van der Waals surface area contributed by atoms with E-state index in [-0.39, 0.29) is 5.91 Å². The van der Waals surface area contributed by atoms with E-state index in [0.717, 1.165) is 22.8 Å². The molecule has 5 nitrogen and oxygen atoms in total. The smallest absolute Gasteiger partial charge is 0.244 e. The highest BCUT2D eigenvalue weighted by Gasteiger charge is 2.06. The minimum absolute atomic E-state index is 0.148. The Balaban J connectivity index is 1.85. The van der Waals surface area contributed by atoms with E-state index in [1.165, 1.54) is 6.08 Å². The molecule has 1 aromatic heterocycles. The fourth-order valence-corrected chi connectivity index (χ4v) is 2.34. The van der Waals surface area contributed by atoms with Gasteiger partial charge in [-0.2, -0.15) is 0 Å². The SMILES string of the molecule is CCOc1ccc(CCNC(=O)/C=C/c2ccc(C)o2)cc1OCC. The van der Waals surface area contributed by atoms with E-state index in [2.05, 4.69) is 5.32 Å². The minimum atomic E-state index is -0.148. The number of amides is 1. The first-order chi connectivity index (χ1) is 12.1. The van der Waals surface area contributed by atoms with Gasteiger partial charge in [0.2, 0.25) is 5.91 Å². The van der Waals surface area contributed by atoms with Gasteiger partial charge in [-0.25, -0.2) is 0 Å². The average Bonchev–Trinajstić information content (AvgIpc) is 3.01. The molecular formula is C20H25NO4. The van der Waals surface area contributed by atoms with Crippen molar-refractivity contribution in [1.29, 1.82) is 0 Å². The molecule has 5 heteroatoms. The molecule has 2 rings (SSSR count). The Bertz CT molecular complexity index is 718. The molecule has 0 radical (unpaired) electrons. The number of carbonyl (C=O) groups excluding carboxylic acids is 1. The molecule has 1 amide bonds. The Hall–Kier alpha value is -2.69. The highest BCUT2D eigenvalue weighted by atomic mass is 16.5. The van der Waals surface area contributed by atoms with Crippen molar-refractivity contribution in [3.8, 4) is 11.5 Å². The van der Waals surface area contributed by atoms with Gasteiger partial charge in [0.15, 0.2) is 11.5 Å². The molecule has 2 aromatic rings. The molecule has 0 spiro atoms. The molecule has 0 aliphatic carbocycles. The van der Waals surface area contributed by atoms with Gasteiger partial charge in [-0.15, -0.1) is 0 Å². The van der Waals surface area contributed by atoms with Crippen LogP contribution in [0.1, 0.15) is 30.9 Å². The molecule has 1 aromatic carbocycles. The van der Waals surface area contributed by atoms with E-state index in [9.17, 15) is 4.79 Å². The predicted octanol–water partition coefficient (Wildman–Crippen LogP) is 3.76. The lowest BCUT2D eigenvalue weighted by molar-refractivity contribution is -0.116. The van der Waals surface area contributed by atoms with E-state index >= 15 is 0 Å². The number of furan rings is 1. The van der Waals surface area contributed by atoms with Gasteiger partial charge in [0.25, 0.3) is 0 Å². The van der Waals surface area contributed by atoms with Crippen molar-refractivity contribution in [2.75, 3.05) is 19.8 Å². The second kappa shape index (κ2) is 9.57. The Morgan fingerprint density at radius 2 is 1.88 bits per heavy atom. The van der Waals surface area contributed by atoms with Gasteiger partial charge >= 0.3 is 0 Å². The third-order valence-electron chi connectivity index (χ3n) is 3.48. The van der Waals surface area contributed by atoms with Gasteiger partial charge in [0, 0.05) is 12.6 Å². The van der Waals surface area contributed by atoms with Crippen LogP contribution in [0.25, 0.3) is 6.08 Å². The lowest BCUT2D eigenvalue weighted by Crippen LogP contribution is -2.23. The molecule has 0 aliphatic rings. The van der Waals surface area contributed by atoms with Crippen LogP contribution in [-0.2, 0) is 11.2 Å². The van der Waals surface area contributed by atoms with Gasteiger partial charge < -0.3 is 19.2 Å². The van der Waals surface area contributed by atoms with Gasteiger partial charge in [-0.3, -0.25) is 4.79 Å². The number of hydrogen-bond donors (Lipinski definition) is 1. The van der Waals surface area contributed by atoms with E-state index in [1.54, 1.807) is 6.08 Å². The zero-order valence-corrected chi connectivity index (χ0v) is 15.0. The molecule has 0 bridgehead atoms. The van der Waals surface area contributed by atoms with Gasteiger partial charge in [0.05, 0.1) is 13.2 Å². The fourth-order valence-electron chi connectivity index (χ4n) is 2.34. The van der Waals surface area contributed by atoms with E-state index in [4.69, 9.17) is 13.9 Å². The Kier molecular flexibility index (Phi) is 7.14. The standard InChI is InChI=1S/C20H25NO4/c1-4-23-18-10-7-16(14-19(18)24-5-2)12-13-21-20(22)11-9-17-8-6-15(3)25-17/h6-11,14H,4-5,12-13H2,1-3H3,(H,21,22)/b11-9+. The maximum absolute atomic E-state index is 11.8. The number of hydrogen-bond acceptors (Lipinski definition) is 4. The van der Waals surface area contributed by atoms with Crippen LogP contribution in [0.4, 0.5) is 0 Å². The number of nitrogens with one attached hydrogen (secondary N) is 1. The summed E-state index contributed by atoms with van der Waals surface area (Å²) in [4.78, 5) is 11.8. The molecule has 25 heavy (non-hydrogen) atoms. The maximum atomic E-state index is 11.8. The summed E-state index contributed by atoms with van der Waals surface area (Å²) in [6.07, 6.45) is 3.85. The third-order valence-corrected chi connectivity index (χ3v) is 3.48. The van der Waals surface area contributed by atoms with Gasteiger partial charge in [-0.05, 0) is 63.1 Å². The van der Waals surface area contributed by atoms with Crippen molar-refractivity contribution >= 4 is 12.0 Å². The summed E-state index contributed by atoms with van der Waals surface area (Å²) in [5.74, 6) is 2.82. The first-order valence-corrected chi connectivity index (χ1v) is 8.53. The molecule has 0 saturated heterocycles. The minimum Gasteiger partial charge on any atom is -0.490 e. The van der Waals surface area contributed by atoms with Gasteiger partial charge in [-0.1, -0.05) is 6.07 Å². The molecule has 1 N–H and O–H groups in total. The average molecular weight is 343 g/mol. The number of aryl methyl sites for hydroxylation is 1. The molecule has 0 fully saturated rings. The van der Waals surface area contributed by atoms with Crippen LogP contribution >= 0.6 is 0 Å². The summed E-state index contributed by atoms with van der Waals surface area (Å²) < 4.78 is 16.5. The van der Waals surface area contributed by atoms with Crippen molar-refractivity contribution < 1.29 is 18.7 Å². The fraction of sp³-hybridized carbons (Fsp3) is 0.350. The highest BCUT2D eigenvalue weighted by molar-refractivity contribution is 5.91. The zero-order valence-electron chi connectivity index (χ0n) is 15.0. The Morgan fingerprint density at radius 1 is 1.12 bits per heavy atom. The second-order valence-corrected chi connectivity index (χ2v) is 5.47. The quantitative estimate of drug-likeness (QED) is 0.704. The topological polar surface area (TPSA) is 60.7 Å². The molecule has 0 unspecified atom stereocenters. The molecular weight excluding hydrogens is 318 g/mol. The Morgan fingerprint density at radius 3 is 2.56 bits per heavy atom. The summed E-state index contributed by atoms with van der Waals surface area (Å²) in [6, 6.07) is 9.54. The molecule has 0 atom stereocenters. The van der Waals surface area contributed by atoms with Crippen LogP contribution in [0.2, 0.25) is 0 Å². The molecule has 0 aliphatic heterocycles. The number of carbonyl (C=O) groups is 1. The van der Waals surface area contributed by atoms with Crippen LogP contribution < -0.4 is 14.8 Å². The lowest BCUT2D eigenvalue weighted by atomic mass is 10.1. The number of benzene rings is 1. The highest BCUT2D eigenvalue weighted by Crippen LogP contribution is 2.28. The maximum Gasteiger partial charge on any atom is 0.244 e. The summed E-state index contributed by atoms with van der Waals surface area (Å²) in [6.45, 7) is 7.46. The summed E-state index contributed by atoms with van der Waals surface area (Å²) in [5.41, 5.74) is 1.08. The lowest BCUT2D eigenvalue weighted by Gasteiger charge is -2.12. The Labute approximate surface area is 148 Å². The zero-order chi connectivity index (χ0) is 18.1. The molecule has 1 heterocycles. The predicted molar refractivity (Wildman–Crippen MR) is 98.0 cm³/mol. The summed E-state index contributed by atoms with van der Waals surface area (Å²) >= 11 is 0. The number of ether oxygens (including phenoxy) is 2. The summed E-state index contributed by atoms with van der Waals surface area (Å²) in [7, 11) is 0. The van der Waals surface area contributed by atoms with Crippen LogP contribution in [0.5, 0.6) is 11.5 Å². The normalized spacial score (nSPS) is 10.8.